The molecule has 1 aromatic carbocycles. The van der Waals surface area contributed by atoms with Crippen molar-refractivity contribution in [1.82, 2.24) is 5.32 Å². The third-order valence-corrected chi connectivity index (χ3v) is 3.94. The fourth-order valence-corrected chi connectivity index (χ4v) is 2.22. The fraction of sp³-hybridized carbons (Fsp3) is 0.533. The third-order valence-electron chi connectivity index (χ3n) is 3.94. The summed E-state index contributed by atoms with van der Waals surface area (Å²) in [7, 11) is 0. The molecule has 3 nitrogen and oxygen atoms in total. The van der Waals surface area contributed by atoms with Gasteiger partial charge >= 0.3 is 12.1 Å². The largest absolute Gasteiger partial charge is 0.481 e. The van der Waals surface area contributed by atoms with Gasteiger partial charge in [0.2, 0.25) is 0 Å². The van der Waals surface area contributed by atoms with E-state index in [4.69, 9.17) is 0 Å². The van der Waals surface area contributed by atoms with E-state index in [1.54, 1.807) is 13.8 Å². The maximum absolute atomic E-state index is 13.2. The topological polar surface area (TPSA) is 49.3 Å². The van der Waals surface area contributed by atoms with Crippen molar-refractivity contribution in [2.45, 2.75) is 39.4 Å². The van der Waals surface area contributed by atoms with Gasteiger partial charge in [-0.3, -0.25) is 4.79 Å². The minimum Gasteiger partial charge on any atom is -0.481 e. The van der Waals surface area contributed by atoms with Crippen LogP contribution >= 0.6 is 0 Å². The number of carboxylic acids is 1. The number of alkyl halides is 3. The van der Waals surface area contributed by atoms with E-state index in [0.29, 0.717) is 12.8 Å². The Hall–Kier alpha value is -1.63. The van der Waals surface area contributed by atoms with Crippen molar-refractivity contribution in [3.63, 3.8) is 0 Å². The molecule has 0 bridgehead atoms. The van der Waals surface area contributed by atoms with Crippen molar-refractivity contribution in [1.29, 1.82) is 0 Å². The van der Waals surface area contributed by atoms with Crippen molar-refractivity contribution in [2.24, 2.45) is 5.41 Å². The summed E-state index contributed by atoms with van der Waals surface area (Å²) in [6.07, 6.45) is -3.94. The molecule has 22 heavy (non-hydrogen) atoms. The predicted octanol–water partition coefficient (Wildman–Crippen LogP) is 3.83. The summed E-state index contributed by atoms with van der Waals surface area (Å²) >= 11 is 0. The second-order valence-electron chi connectivity index (χ2n) is 5.21. The standard InChI is InChI=1S/C15H19F4NO2/c1-3-14(4-2,13(21)22)9-20-8-10-5-6-12(16)11(7-10)15(17,18)19/h5-7,20H,3-4,8-9H2,1-2H3,(H,21,22). The van der Waals surface area contributed by atoms with Crippen molar-refractivity contribution in [2.75, 3.05) is 6.54 Å². The first kappa shape index (κ1) is 18.4. The van der Waals surface area contributed by atoms with Crippen LogP contribution in [-0.4, -0.2) is 17.6 Å². The lowest BCUT2D eigenvalue weighted by Gasteiger charge is -2.27. The monoisotopic (exact) mass is 321 g/mol. The second kappa shape index (κ2) is 7.09. The molecule has 7 heteroatoms. The average Bonchev–Trinajstić information content (AvgIpc) is 2.44. The summed E-state index contributed by atoms with van der Waals surface area (Å²) in [5, 5.41) is 12.1. The Morgan fingerprint density at radius 2 is 1.82 bits per heavy atom. The summed E-state index contributed by atoms with van der Waals surface area (Å²) in [6, 6.07) is 2.75. The summed E-state index contributed by atoms with van der Waals surface area (Å²) in [6.45, 7) is 3.67. The molecule has 0 spiro atoms. The molecule has 0 unspecified atom stereocenters. The number of nitrogens with one attached hydrogen (secondary N) is 1. The van der Waals surface area contributed by atoms with Crippen molar-refractivity contribution >= 4 is 5.97 Å². The quantitative estimate of drug-likeness (QED) is 0.751. The first-order valence-electron chi connectivity index (χ1n) is 6.96. The van der Waals surface area contributed by atoms with Gasteiger partial charge < -0.3 is 10.4 Å². The Labute approximate surface area is 126 Å². The van der Waals surface area contributed by atoms with Crippen LogP contribution in [0.2, 0.25) is 0 Å². The van der Waals surface area contributed by atoms with Crippen molar-refractivity contribution in [3.05, 3.63) is 35.1 Å². The van der Waals surface area contributed by atoms with Crippen LogP contribution < -0.4 is 5.32 Å². The van der Waals surface area contributed by atoms with Gasteiger partial charge in [-0.25, -0.2) is 4.39 Å². The summed E-state index contributed by atoms with van der Waals surface area (Å²) < 4.78 is 51.0. The molecule has 0 saturated carbocycles. The third kappa shape index (κ3) is 4.19. The first-order chi connectivity index (χ1) is 10.2. The lowest BCUT2D eigenvalue weighted by molar-refractivity contribution is -0.149. The number of carboxylic acid groups (broad SMARTS) is 1. The highest BCUT2D eigenvalue weighted by atomic mass is 19.4. The number of aliphatic carboxylic acids is 1. The fourth-order valence-electron chi connectivity index (χ4n) is 2.22. The van der Waals surface area contributed by atoms with Crippen molar-refractivity contribution < 1.29 is 27.5 Å². The molecule has 0 aromatic heterocycles. The first-order valence-corrected chi connectivity index (χ1v) is 6.96. The van der Waals surface area contributed by atoms with E-state index < -0.39 is 28.9 Å². The molecule has 0 aliphatic heterocycles. The molecule has 0 aliphatic rings. The summed E-state index contributed by atoms with van der Waals surface area (Å²) in [5.41, 5.74) is -2.02. The Balaban J connectivity index is 2.79. The molecule has 1 rings (SSSR count). The Bertz CT molecular complexity index is 525. The smallest absolute Gasteiger partial charge is 0.419 e. The predicted molar refractivity (Wildman–Crippen MR) is 73.8 cm³/mol. The summed E-state index contributed by atoms with van der Waals surface area (Å²) in [4.78, 5) is 11.3. The van der Waals surface area contributed by atoms with Gasteiger partial charge in [-0.15, -0.1) is 0 Å². The van der Waals surface area contributed by atoms with Gasteiger partial charge in [0.1, 0.15) is 5.82 Å². The molecular formula is C15H19F4NO2. The summed E-state index contributed by atoms with van der Waals surface area (Å²) in [5.74, 6) is -2.27. The van der Waals surface area contributed by atoms with E-state index in [2.05, 4.69) is 5.32 Å². The number of halogens is 4. The van der Waals surface area contributed by atoms with Gasteiger partial charge in [-0.1, -0.05) is 19.9 Å². The highest BCUT2D eigenvalue weighted by molar-refractivity contribution is 5.74. The van der Waals surface area contributed by atoms with Crippen LogP contribution in [0.15, 0.2) is 18.2 Å². The molecule has 124 valence electrons. The minimum atomic E-state index is -4.75. The van der Waals surface area contributed by atoms with Crippen LogP contribution in [0.25, 0.3) is 0 Å². The zero-order valence-electron chi connectivity index (χ0n) is 12.4. The highest BCUT2D eigenvalue weighted by Gasteiger charge is 2.35. The number of benzene rings is 1. The molecule has 0 radical (unpaired) electrons. The Morgan fingerprint density at radius 3 is 2.27 bits per heavy atom. The van der Waals surface area contributed by atoms with Crippen LogP contribution in [0.4, 0.5) is 17.6 Å². The van der Waals surface area contributed by atoms with E-state index in [9.17, 15) is 27.5 Å². The lowest BCUT2D eigenvalue weighted by atomic mass is 9.82. The van der Waals surface area contributed by atoms with E-state index in [-0.39, 0.29) is 18.7 Å². The second-order valence-corrected chi connectivity index (χ2v) is 5.21. The molecule has 0 amide bonds. The van der Waals surface area contributed by atoms with Crippen LogP contribution in [0.5, 0.6) is 0 Å². The van der Waals surface area contributed by atoms with Gasteiger partial charge in [0.25, 0.3) is 0 Å². The molecule has 0 heterocycles. The highest BCUT2D eigenvalue weighted by Crippen LogP contribution is 2.32. The molecule has 0 atom stereocenters. The van der Waals surface area contributed by atoms with Crippen LogP contribution in [0.3, 0.4) is 0 Å². The SMILES string of the molecule is CCC(CC)(CNCc1ccc(F)c(C(F)(F)F)c1)C(=O)O. The van der Waals surface area contributed by atoms with Gasteiger partial charge in [0.05, 0.1) is 11.0 Å². The van der Waals surface area contributed by atoms with Gasteiger partial charge in [0, 0.05) is 13.1 Å². The maximum Gasteiger partial charge on any atom is 0.419 e. The number of hydrogen-bond acceptors (Lipinski definition) is 2. The average molecular weight is 321 g/mol. The molecule has 0 aliphatic carbocycles. The Kier molecular flexibility index (Phi) is 5.93. The van der Waals surface area contributed by atoms with Crippen LogP contribution in [-0.2, 0) is 17.5 Å². The molecule has 0 saturated heterocycles. The number of rotatable bonds is 7. The van der Waals surface area contributed by atoms with Crippen molar-refractivity contribution in [3.8, 4) is 0 Å². The minimum absolute atomic E-state index is 0.0401. The number of hydrogen-bond donors (Lipinski definition) is 2. The van der Waals surface area contributed by atoms with E-state index in [1.165, 1.54) is 6.07 Å². The van der Waals surface area contributed by atoms with E-state index in [1.807, 2.05) is 0 Å². The van der Waals surface area contributed by atoms with Gasteiger partial charge in [-0.2, -0.15) is 13.2 Å². The lowest BCUT2D eigenvalue weighted by Crippen LogP contribution is -2.40. The van der Waals surface area contributed by atoms with Crippen LogP contribution in [0, 0.1) is 11.2 Å². The number of carbonyl (C=O) groups is 1. The maximum atomic E-state index is 13.2. The van der Waals surface area contributed by atoms with Crippen LogP contribution in [0.1, 0.15) is 37.8 Å². The van der Waals surface area contributed by atoms with Gasteiger partial charge in [-0.05, 0) is 30.5 Å². The Morgan fingerprint density at radius 1 is 1.23 bits per heavy atom. The van der Waals surface area contributed by atoms with E-state index in [0.717, 1.165) is 12.1 Å². The van der Waals surface area contributed by atoms with Gasteiger partial charge in [0.15, 0.2) is 0 Å². The zero-order valence-corrected chi connectivity index (χ0v) is 12.4. The molecular weight excluding hydrogens is 302 g/mol. The zero-order chi connectivity index (χ0) is 17.0. The molecule has 0 fully saturated rings. The van der Waals surface area contributed by atoms with E-state index >= 15 is 0 Å². The molecule has 2 N–H and O–H groups in total. The normalized spacial score (nSPS) is 12.5. The molecule has 1 aromatic rings.